The maximum absolute atomic E-state index is 10.7. The summed E-state index contributed by atoms with van der Waals surface area (Å²) < 4.78 is 5.62. The zero-order valence-corrected chi connectivity index (χ0v) is 11.4. The van der Waals surface area contributed by atoms with Gasteiger partial charge in [-0.1, -0.05) is 15.9 Å². The molecule has 1 rings (SSSR count). The molecule has 1 amide bonds. The predicted octanol–water partition coefficient (Wildman–Crippen LogP) is 2.61. The van der Waals surface area contributed by atoms with Gasteiger partial charge in [-0.15, -0.1) is 0 Å². The van der Waals surface area contributed by atoms with E-state index in [1.54, 1.807) is 12.1 Å². The molecule has 0 radical (unpaired) electrons. The van der Waals surface area contributed by atoms with Crippen molar-refractivity contribution in [3.63, 3.8) is 0 Å². The van der Waals surface area contributed by atoms with Gasteiger partial charge in [-0.25, -0.2) is 10.2 Å². The Hall–Kier alpha value is -1.08. The van der Waals surface area contributed by atoms with Crippen LogP contribution in [0.1, 0.15) is 5.56 Å². The van der Waals surface area contributed by atoms with E-state index in [0.717, 1.165) is 4.47 Å². The van der Waals surface area contributed by atoms with Crippen molar-refractivity contribution in [2.75, 3.05) is 7.11 Å². The number of amides is 1. The van der Waals surface area contributed by atoms with Crippen LogP contribution in [-0.4, -0.2) is 24.5 Å². The van der Waals surface area contributed by atoms with Gasteiger partial charge in [-0.2, -0.15) is 5.10 Å². The lowest BCUT2D eigenvalue weighted by Gasteiger charge is -2.02. The number of ether oxygens (including phenoxy) is 1. The largest absolute Gasteiger partial charge is 0.506 e. The first-order valence-corrected chi connectivity index (χ1v) is 5.68. The molecule has 16 heavy (non-hydrogen) atoms. The number of hydrogen-bond donors (Lipinski definition) is 2. The van der Waals surface area contributed by atoms with Gasteiger partial charge in [-0.3, -0.25) is 0 Å². The first kappa shape index (κ1) is 13.0. The van der Waals surface area contributed by atoms with Crippen molar-refractivity contribution < 1.29 is 14.6 Å². The zero-order chi connectivity index (χ0) is 12.1. The van der Waals surface area contributed by atoms with Gasteiger partial charge < -0.3 is 9.84 Å². The molecule has 0 aliphatic carbocycles. The summed E-state index contributed by atoms with van der Waals surface area (Å²) in [4.78, 5) is 10.7. The summed E-state index contributed by atoms with van der Waals surface area (Å²) in [6, 6.07) is 3.35. The number of carbonyl (C=O) groups excluding carboxylic acids is 1. The van der Waals surface area contributed by atoms with Gasteiger partial charge in [0, 0.05) is 10.0 Å². The molecule has 2 N–H and O–H groups in total. The highest BCUT2D eigenvalue weighted by atomic mass is 79.9. The Morgan fingerprint density at radius 2 is 2.25 bits per heavy atom. The highest BCUT2D eigenvalue weighted by Gasteiger charge is 2.05. The van der Waals surface area contributed by atoms with Crippen molar-refractivity contribution in [1.82, 2.24) is 5.43 Å². The molecule has 0 saturated carbocycles. The van der Waals surface area contributed by atoms with Crippen molar-refractivity contribution in [1.29, 1.82) is 0 Å². The Morgan fingerprint density at radius 3 is 2.88 bits per heavy atom. The minimum absolute atomic E-state index is 0.0404. The molecular formula is C9H8Br2N2O3. The molecule has 0 fully saturated rings. The summed E-state index contributed by atoms with van der Waals surface area (Å²) >= 11 is 6.44. The molecule has 0 unspecified atom stereocenters. The molecule has 86 valence electrons. The maximum atomic E-state index is 10.7. The number of rotatable bonds is 2. The Kier molecular flexibility index (Phi) is 4.75. The standard InChI is InChI=1S/C9H8Br2N2O3/c1-16-9(15)13-12-4-5-2-6(10)3-7(11)8(5)14/h2-4,14H,1H3,(H,13,15). The van der Waals surface area contributed by atoms with Crippen molar-refractivity contribution in [3.05, 3.63) is 26.6 Å². The Bertz CT molecular complexity index is 435. The quantitative estimate of drug-likeness (QED) is 0.635. The third-order valence-electron chi connectivity index (χ3n) is 1.60. The maximum Gasteiger partial charge on any atom is 0.427 e. The number of phenolic OH excluding ortho intramolecular Hbond substituents is 1. The molecule has 0 bridgehead atoms. The minimum Gasteiger partial charge on any atom is -0.506 e. The monoisotopic (exact) mass is 350 g/mol. The number of halogens is 2. The number of hydrazone groups is 1. The molecule has 0 saturated heterocycles. The predicted molar refractivity (Wildman–Crippen MR) is 66.6 cm³/mol. The van der Waals surface area contributed by atoms with Gasteiger partial charge in [0.2, 0.25) is 0 Å². The van der Waals surface area contributed by atoms with E-state index in [2.05, 4.69) is 47.1 Å². The SMILES string of the molecule is COC(=O)NN=Cc1cc(Br)cc(Br)c1O. The summed E-state index contributed by atoms with van der Waals surface area (Å²) in [5.41, 5.74) is 2.57. The van der Waals surface area contributed by atoms with Crippen molar-refractivity contribution in [3.8, 4) is 5.75 Å². The zero-order valence-electron chi connectivity index (χ0n) is 8.20. The van der Waals surface area contributed by atoms with Crippen LogP contribution in [0, 0.1) is 0 Å². The lowest BCUT2D eigenvalue weighted by molar-refractivity contribution is 0.171. The number of carbonyl (C=O) groups is 1. The third-order valence-corrected chi connectivity index (χ3v) is 2.66. The van der Waals surface area contributed by atoms with Crippen LogP contribution in [-0.2, 0) is 4.74 Å². The lowest BCUT2D eigenvalue weighted by atomic mass is 10.2. The molecule has 0 aromatic heterocycles. The molecule has 0 aliphatic heterocycles. The average Bonchev–Trinajstić information content (AvgIpc) is 2.24. The van der Waals surface area contributed by atoms with Gasteiger partial charge >= 0.3 is 6.09 Å². The van der Waals surface area contributed by atoms with Gasteiger partial charge in [0.15, 0.2) is 0 Å². The van der Waals surface area contributed by atoms with Crippen molar-refractivity contribution >= 4 is 44.2 Å². The fraction of sp³-hybridized carbons (Fsp3) is 0.111. The van der Waals surface area contributed by atoms with E-state index >= 15 is 0 Å². The highest BCUT2D eigenvalue weighted by molar-refractivity contribution is 9.11. The normalized spacial score (nSPS) is 10.4. The summed E-state index contributed by atoms with van der Waals surface area (Å²) in [6.07, 6.45) is 0.631. The van der Waals surface area contributed by atoms with E-state index in [1.165, 1.54) is 13.3 Å². The molecule has 7 heteroatoms. The van der Waals surface area contributed by atoms with Crippen LogP contribution < -0.4 is 5.43 Å². The molecular weight excluding hydrogens is 344 g/mol. The highest BCUT2D eigenvalue weighted by Crippen LogP contribution is 2.30. The fourth-order valence-electron chi connectivity index (χ4n) is 0.884. The molecule has 0 spiro atoms. The summed E-state index contributed by atoms with van der Waals surface area (Å²) in [5, 5.41) is 13.2. The lowest BCUT2D eigenvalue weighted by Crippen LogP contribution is -2.16. The number of aromatic hydroxyl groups is 1. The summed E-state index contributed by atoms with van der Waals surface area (Å²) in [6.45, 7) is 0. The number of nitrogens with zero attached hydrogens (tertiary/aromatic N) is 1. The first-order valence-electron chi connectivity index (χ1n) is 4.09. The number of methoxy groups -OCH3 is 1. The van der Waals surface area contributed by atoms with Crippen LogP contribution in [0.25, 0.3) is 0 Å². The molecule has 0 atom stereocenters. The van der Waals surface area contributed by atoms with Crippen LogP contribution in [0.2, 0.25) is 0 Å². The Labute approximate surface area is 109 Å². The molecule has 0 aliphatic rings. The smallest absolute Gasteiger partial charge is 0.427 e. The molecule has 0 heterocycles. The molecule has 5 nitrogen and oxygen atoms in total. The minimum atomic E-state index is -0.676. The van der Waals surface area contributed by atoms with Gasteiger partial charge in [0.1, 0.15) is 5.75 Å². The van der Waals surface area contributed by atoms with Gasteiger partial charge in [0.05, 0.1) is 17.8 Å². The van der Waals surface area contributed by atoms with E-state index in [1.807, 2.05) is 0 Å². The van der Waals surface area contributed by atoms with Gasteiger partial charge in [0.25, 0.3) is 0 Å². The van der Waals surface area contributed by atoms with Crippen LogP contribution in [0.4, 0.5) is 4.79 Å². The Balaban J connectivity index is 2.85. The summed E-state index contributed by atoms with van der Waals surface area (Å²) in [5.74, 6) is 0.0404. The second kappa shape index (κ2) is 5.86. The van der Waals surface area contributed by atoms with Crippen molar-refractivity contribution in [2.24, 2.45) is 5.10 Å². The van der Waals surface area contributed by atoms with Crippen LogP contribution in [0.15, 0.2) is 26.2 Å². The third kappa shape index (κ3) is 3.49. The summed E-state index contributed by atoms with van der Waals surface area (Å²) in [7, 11) is 1.23. The van der Waals surface area contributed by atoms with Crippen LogP contribution in [0.3, 0.4) is 0 Å². The second-order valence-electron chi connectivity index (χ2n) is 2.69. The fourth-order valence-corrected chi connectivity index (χ4v) is 2.14. The van der Waals surface area contributed by atoms with Crippen LogP contribution >= 0.6 is 31.9 Å². The number of nitrogens with one attached hydrogen (secondary N) is 1. The molecule has 1 aromatic carbocycles. The molecule has 1 aromatic rings. The van der Waals surface area contributed by atoms with E-state index in [-0.39, 0.29) is 5.75 Å². The Morgan fingerprint density at radius 1 is 1.56 bits per heavy atom. The van der Waals surface area contributed by atoms with Gasteiger partial charge in [-0.05, 0) is 28.1 Å². The van der Waals surface area contributed by atoms with E-state index < -0.39 is 6.09 Å². The number of hydrogen-bond acceptors (Lipinski definition) is 4. The van der Waals surface area contributed by atoms with E-state index in [4.69, 9.17) is 0 Å². The number of phenols is 1. The van der Waals surface area contributed by atoms with Crippen molar-refractivity contribution in [2.45, 2.75) is 0 Å². The van der Waals surface area contributed by atoms with E-state index in [0.29, 0.717) is 10.0 Å². The second-order valence-corrected chi connectivity index (χ2v) is 4.46. The topological polar surface area (TPSA) is 70.9 Å². The van der Waals surface area contributed by atoms with Crippen LogP contribution in [0.5, 0.6) is 5.75 Å². The number of benzene rings is 1. The van der Waals surface area contributed by atoms with E-state index in [9.17, 15) is 9.90 Å². The first-order chi connectivity index (χ1) is 7.54. The average molecular weight is 352 g/mol.